The number of nitrogens with zero attached hydrogens (tertiary/aromatic N) is 2. The van der Waals surface area contributed by atoms with Crippen LogP contribution in [0.5, 0.6) is 0 Å². The van der Waals surface area contributed by atoms with Crippen LogP contribution in [0.2, 0.25) is 0 Å². The van der Waals surface area contributed by atoms with Gasteiger partial charge in [-0.3, -0.25) is 4.98 Å². The number of rotatable bonds is 4. The van der Waals surface area contributed by atoms with Crippen LogP contribution < -0.4 is 5.32 Å². The lowest BCUT2D eigenvalue weighted by Crippen LogP contribution is -2.08. The Bertz CT molecular complexity index is 445. The molecule has 2 rings (SSSR count). The molecule has 4 nitrogen and oxygen atoms in total. The molecule has 82 valence electrons. The Labute approximate surface area is 94.0 Å². The Morgan fingerprint density at radius 1 is 1.06 bits per heavy atom. The quantitative estimate of drug-likeness (QED) is 0.812. The first-order valence-electron chi connectivity index (χ1n) is 5.13. The highest BCUT2D eigenvalue weighted by atomic mass is 16.3. The van der Waals surface area contributed by atoms with Crippen LogP contribution in [-0.2, 0) is 0 Å². The Morgan fingerprint density at radius 3 is 2.56 bits per heavy atom. The van der Waals surface area contributed by atoms with Gasteiger partial charge in [0.05, 0.1) is 6.61 Å². The monoisotopic (exact) mass is 215 g/mol. The van der Waals surface area contributed by atoms with Crippen LogP contribution in [0.1, 0.15) is 0 Å². The third-order valence-electron chi connectivity index (χ3n) is 2.15. The van der Waals surface area contributed by atoms with Gasteiger partial charge in [0.15, 0.2) is 5.82 Å². The van der Waals surface area contributed by atoms with E-state index in [0.29, 0.717) is 12.4 Å². The second-order valence-electron chi connectivity index (χ2n) is 3.27. The van der Waals surface area contributed by atoms with Gasteiger partial charge in [-0.1, -0.05) is 30.3 Å². The lowest BCUT2D eigenvalue weighted by molar-refractivity contribution is 0.311. The zero-order valence-electron chi connectivity index (χ0n) is 8.80. The molecule has 4 heteroatoms. The van der Waals surface area contributed by atoms with E-state index < -0.39 is 0 Å². The highest BCUT2D eigenvalue weighted by molar-refractivity contribution is 5.70. The second kappa shape index (κ2) is 5.23. The topological polar surface area (TPSA) is 58.0 Å². The van der Waals surface area contributed by atoms with Crippen molar-refractivity contribution < 1.29 is 5.11 Å². The molecule has 0 fully saturated rings. The average Bonchev–Trinajstić information content (AvgIpc) is 2.38. The van der Waals surface area contributed by atoms with Crippen molar-refractivity contribution in [2.75, 3.05) is 18.5 Å². The van der Waals surface area contributed by atoms with Crippen molar-refractivity contribution in [3.05, 3.63) is 42.7 Å². The predicted molar refractivity (Wildman–Crippen MR) is 63.0 cm³/mol. The molecule has 0 aliphatic carbocycles. The van der Waals surface area contributed by atoms with Gasteiger partial charge in [0.1, 0.15) is 5.69 Å². The molecule has 0 saturated heterocycles. The molecule has 1 heterocycles. The van der Waals surface area contributed by atoms with Gasteiger partial charge in [-0.2, -0.15) is 0 Å². The number of benzene rings is 1. The van der Waals surface area contributed by atoms with Gasteiger partial charge >= 0.3 is 0 Å². The number of aliphatic hydroxyl groups excluding tert-OH is 1. The van der Waals surface area contributed by atoms with Crippen molar-refractivity contribution in [1.29, 1.82) is 0 Å². The second-order valence-corrected chi connectivity index (χ2v) is 3.27. The van der Waals surface area contributed by atoms with E-state index in [0.717, 1.165) is 11.3 Å². The van der Waals surface area contributed by atoms with E-state index in [1.54, 1.807) is 12.4 Å². The molecular weight excluding hydrogens is 202 g/mol. The van der Waals surface area contributed by atoms with E-state index in [1.807, 2.05) is 30.3 Å². The van der Waals surface area contributed by atoms with E-state index in [-0.39, 0.29) is 6.61 Å². The summed E-state index contributed by atoms with van der Waals surface area (Å²) in [5.74, 6) is 0.697. The van der Waals surface area contributed by atoms with E-state index in [4.69, 9.17) is 5.11 Å². The maximum Gasteiger partial charge on any atom is 0.152 e. The Hall–Kier alpha value is -1.94. The molecule has 0 amide bonds. The van der Waals surface area contributed by atoms with Crippen molar-refractivity contribution in [1.82, 2.24) is 9.97 Å². The van der Waals surface area contributed by atoms with Gasteiger partial charge in [-0.25, -0.2) is 4.98 Å². The molecule has 1 aromatic heterocycles. The zero-order valence-corrected chi connectivity index (χ0v) is 8.80. The summed E-state index contributed by atoms with van der Waals surface area (Å²) >= 11 is 0. The van der Waals surface area contributed by atoms with Crippen LogP contribution >= 0.6 is 0 Å². The third-order valence-corrected chi connectivity index (χ3v) is 2.15. The highest BCUT2D eigenvalue weighted by Gasteiger charge is 2.05. The minimum absolute atomic E-state index is 0.0742. The van der Waals surface area contributed by atoms with Gasteiger partial charge in [0.2, 0.25) is 0 Å². The van der Waals surface area contributed by atoms with Crippen LogP contribution in [-0.4, -0.2) is 28.2 Å². The molecule has 2 N–H and O–H groups in total. The summed E-state index contributed by atoms with van der Waals surface area (Å²) in [6.45, 7) is 0.545. The molecule has 0 atom stereocenters. The van der Waals surface area contributed by atoms with Crippen molar-refractivity contribution in [3.8, 4) is 11.3 Å². The number of hydrogen-bond donors (Lipinski definition) is 2. The standard InChI is InChI=1S/C12H13N3O/c16-9-8-15-12-11(13-6-7-14-12)10-4-2-1-3-5-10/h1-7,16H,8-9H2,(H,14,15). The summed E-state index contributed by atoms with van der Waals surface area (Å²) in [5.41, 5.74) is 1.81. The summed E-state index contributed by atoms with van der Waals surface area (Å²) in [5, 5.41) is 11.8. The van der Waals surface area contributed by atoms with E-state index in [9.17, 15) is 0 Å². The molecule has 0 saturated carbocycles. The van der Waals surface area contributed by atoms with Crippen molar-refractivity contribution in [2.24, 2.45) is 0 Å². The maximum atomic E-state index is 8.78. The molecule has 0 spiro atoms. The number of aromatic nitrogens is 2. The van der Waals surface area contributed by atoms with E-state index >= 15 is 0 Å². The molecule has 0 aliphatic rings. The smallest absolute Gasteiger partial charge is 0.152 e. The van der Waals surface area contributed by atoms with E-state index in [1.165, 1.54) is 0 Å². The number of hydrogen-bond acceptors (Lipinski definition) is 4. The lowest BCUT2D eigenvalue weighted by atomic mass is 10.1. The van der Waals surface area contributed by atoms with Crippen LogP contribution in [0.15, 0.2) is 42.7 Å². The van der Waals surface area contributed by atoms with Crippen molar-refractivity contribution >= 4 is 5.82 Å². The molecule has 16 heavy (non-hydrogen) atoms. The largest absolute Gasteiger partial charge is 0.395 e. The normalized spacial score (nSPS) is 10.1. The first kappa shape index (κ1) is 10.6. The SMILES string of the molecule is OCCNc1nccnc1-c1ccccc1. The Balaban J connectivity index is 2.33. The Kier molecular flexibility index (Phi) is 3.46. The van der Waals surface area contributed by atoms with Crippen LogP contribution in [0, 0.1) is 0 Å². The van der Waals surface area contributed by atoms with Crippen molar-refractivity contribution in [3.63, 3.8) is 0 Å². The molecule has 0 unspecified atom stereocenters. The summed E-state index contributed by atoms with van der Waals surface area (Å²) < 4.78 is 0. The summed E-state index contributed by atoms with van der Waals surface area (Å²) in [7, 11) is 0. The molecule has 1 aromatic carbocycles. The summed E-state index contributed by atoms with van der Waals surface area (Å²) in [4.78, 5) is 8.50. The maximum absolute atomic E-state index is 8.78. The average molecular weight is 215 g/mol. The van der Waals surface area contributed by atoms with Gasteiger partial charge in [0.25, 0.3) is 0 Å². The van der Waals surface area contributed by atoms with Crippen LogP contribution in [0.25, 0.3) is 11.3 Å². The predicted octanol–water partition coefficient (Wildman–Crippen LogP) is 1.55. The molecule has 0 bridgehead atoms. The minimum atomic E-state index is 0.0742. The Morgan fingerprint density at radius 2 is 1.81 bits per heavy atom. The third kappa shape index (κ3) is 2.35. The molecule has 0 aliphatic heterocycles. The van der Waals surface area contributed by atoms with Gasteiger partial charge in [-0.15, -0.1) is 0 Å². The van der Waals surface area contributed by atoms with Crippen LogP contribution in [0.4, 0.5) is 5.82 Å². The number of aliphatic hydroxyl groups is 1. The zero-order chi connectivity index (χ0) is 11.2. The minimum Gasteiger partial charge on any atom is -0.395 e. The highest BCUT2D eigenvalue weighted by Crippen LogP contribution is 2.22. The summed E-state index contributed by atoms with van der Waals surface area (Å²) in [6, 6.07) is 9.84. The van der Waals surface area contributed by atoms with Gasteiger partial charge in [-0.05, 0) is 0 Å². The summed E-state index contributed by atoms with van der Waals surface area (Å²) in [6.07, 6.45) is 3.29. The molecular formula is C12H13N3O. The lowest BCUT2D eigenvalue weighted by Gasteiger charge is -2.08. The number of nitrogens with one attached hydrogen (secondary N) is 1. The number of anilines is 1. The first-order chi connectivity index (χ1) is 7.92. The molecule has 0 radical (unpaired) electrons. The van der Waals surface area contributed by atoms with Gasteiger partial charge in [0, 0.05) is 24.5 Å². The first-order valence-corrected chi connectivity index (χ1v) is 5.13. The fraction of sp³-hybridized carbons (Fsp3) is 0.167. The molecule has 2 aromatic rings. The van der Waals surface area contributed by atoms with Crippen molar-refractivity contribution in [2.45, 2.75) is 0 Å². The van der Waals surface area contributed by atoms with Gasteiger partial charge < -0.3 is 10.4 Å². The van der Waals surface area contributed by atoms with E-state index in [2.05, 4.69) is 15.3 Å². The fourth-order valence-electron chi connectivity index (χ4n) is 1.45. The van der Waals surface area contributed by atoms with Crippen LogP contribution in [0.3, 0.4) is 0 Å². The fourth-order valence-corrected chi connectivity index (χ4v) is 1.45.